The summed E-state index contributed by atoms with van der Waals surface area (Å²) in [6.07, 6.45) is 2.46. The van der Waals surface area contributed by atoms with Gasteiger partial charge in [0.25, 0.3) is 0 Å². The maximum absolute atomic E-state index is 11.6. The molecule has 0 aliphatic heterocycles. The van der Waals surface area contributed by atoms with Crippen LogP contribution in [0.15, 0.2) is 30.5 Å². The second-order valence-electron chi connectivity index (χ2n) is 3.77. The van der Waals surface area contributed by atoms with Gasteiger partial charge in [0.05, 0.1) is 11.4 Å². The van der Waals surface area contributed by atoms with Gasteiger partial charge >= 0.3 is 5.97 Å². The van der Waals surface area contributed by atoms with Gasteiger partial charge < -0.3 is 10.1 Å². The van der Waals surface area contributed by atoms with Crippen molar-refractivity contribution in [2.24, 2.45) is 0 Å². The highest BCUT2D eigenvalue weighted by Crippen LogP contribution is 2.22. The zero-order valence-electron chi connectivity index (χ0n) is 10.4. The van der Waals surface area contributed by atoms with Gasteiger partial charge in [-0.25, -0.2) is 9.78 Å². The molecule has 0 bridgehead atoms. The predicted octanol–water partition coefficient (Wildman–Crippen LogP) is 3.24. The number of nitrogens with zero attached hydrogens (tertiary/aromatic N) is 1. The van der Waals surface area contributed by atoms with Crippen molar-refractivity contribution in [1.82, 2.24) is 4.98 Å². The lowest BCUT2D eigenvalue weighted by Gasteiger charge is -2.08. The monoisotopic (exact) mass is 296 g/mol. The number of halogens is 1. The Labute approximate surface area is 120 Å². The molecular formula is C13H13ClN2O2S. The van der Waals surface area contributed by atoms with Crippen molar-refractivity contribution >= 4 is 34.7 Å². The molecule has 2 aromatic rings. The number of aromatic nitrogens is 1. The van der Waals surface area contributed by atoms with Gasteiger partial charge in [-0.05, 0) is 30.7 Å². The Morgan fingerprint density at radius 2 is 2.32 bits per heavy atom. The second-order valence-corrected chi connectivity index (χ2v) is 5.57. The average molecular weight is 297 g/mol. The van der Waals surface area contributed by atoms with Crippen LogP contribution >= 0.6 is 22.9 Å². The van der Waals surface area contributed by atoms with Gasteiger partial charge in [0.1, 0.15) is 11.4 Å². The highest BCUT2D eigenvalue weighted by atomic mass is 35.5. The smallest absolute Gasteiger partial charge is 0.341 e. The summed E-state index contributed by atoms with van der Waals surface area (Å²) in [7, 11) is 1.35. The molecule has 4 nitrogen and oxygen atoms in total. The van der Waals surface area contributed by atoms with Gasteiger partial charge in [0.15, 0.2) is 0 Å². The summed E-state index contributed by atoms with van der Waals surface area (Å²) < 4.78 is 5.49. The molecule has 0 unspecified atom stereocenters. The van der Waals surface area contributed by atoms with Crippen LogP contribution in [0.25, 0.3) is 0 Å². The van der Waals surface area contributed by atoms with Crippen molar-refractivity contribution in [3.8, 4) is 0 Å². The largest absolute Gasteiger partial charge is 0.465 e. The van der Waals surface area contributed by atoms with Crippen LogP contribution in [0.5, 0.6) is 0 Å². The van der Waals surface area contributed by atoms with Crippen LogP contribution in [0.1, 0.15) is 15.2 Å². The van der Waals surface area contributed by atoms with Crippen LogP contribution in [0.4, 0.5) is 5.82 Å². The van der Waals surface area contributed by atoms with Crippen molar-refractivity contribution in [3.05, 3.63) is 45.2 Å². The first-order valence-corrected chi connectivity index (χ1v) is 6.91. The Morgan fingerprint density at radius 3 is 3.00 bits per heavy atom. The van der Waals surface area contributed by atoms with E-state index < -0.39 is 5.97 Å². The Hall–Kier alpha value is -1.59. The molecular weight excluding hydrogens is 284 g/mol. The van der Waals surface area contributed by atoms with Gasteiger partial charge in [-0.15, -0.1) is 11.3 Å². The number of hydrogen-bond acceptors (Lipinski definition) is 5. The van der Waals surface area contributed by atoms with Crippen LogP contribution in [0.3, 0.4) is 0 Å². The molecule has 2 rings (SSSR count). The number of ether oxygens (including phenoxy) is 1. The van der Waals surface area contributed by atoms with E-state index in [0.717, 1.165) is 10.8 Å². The molecule has 0 aliphatic rings. The van der Waals surface area contributed by atoms with Crippen molar-refractivity contribution < 1.29 is 9.53 Å². The van der Waals surface area contributed by atoms with Crippen molar-refractivity contribution in [3.63, 3.8) is 0 Å². The third-order valence-electron chi connectivity index (χ3n) is 2.51. The van der Waals surface area contributed by atoms with Crippen LogP contribution in [0.2, 0.25) is 4.34 Å². The van der Waals surface area contributed by atoms with Gasteiger partial charge in [-0.2, -0.15) is 0 Å². The lowest BCUT2D eigenvalue weighted by Crippen LogP contribution is -2.11. The Balaban J connectivity index is 1.97. The number of anilines is 1. The van der Waals surface area contributed by atoms with Crippen molar-refractivity contribution in [1.29, 1.82) is 0 Å². The molecule has 0 aliphatic carbocycles. The molecule has 100 valence electrons. The van der Waals surface area contributed by atoms with Gasteiger partial charge in [-0.3, -0.25) is 0 Å². The lowest BCUT2D eigenvalue weighted by molar-refractivity contribution is 0.0601. The Kier molecular flexibility index (Phi) is 4.76. The van der Waals surface area contributed by atoms with Crippen LogP contribution in [-0.4, -0.2) is 24.6 Å². The molecule has 0 saturated carbocycles. The minimum absolute atomic E-state index is 0.394. The van der Waals surface area contributed by atoms with E-state index in [1.807, 2.05) is 12.1 Å². The third-order valence-corrected chi connectivity index (χ3v) is 3.80. The summed E-state index contributed by atoms with van der Waals surface area (Å²) in [5, 5.41) is 3.14. The first kappa shape index (κ1) is 13.8. The molecule has 6 heteroatoms. The Bertz CT molecular complexity index is 571. The van der Waals surface area contributed by atoms with E-state index in [4.69, 9.17) is 16.3 Å². The zero-order chi connectivity index (χ0) is 13.7. The molecule has 0 amide bonds. The second kappa shape index (κ2) is 6.54. The van der Waals surface area contributed by atoms with E-state index in [0.29, 0.717) is 17.9 Å². The molecule has 0 spiro atoms. The lowest BCUT2D eigenvalue weighted by atomic mass is 10.2. The van der Waals surface area contributed by atoms with E-state index in [1.165, 1.54) is 12.0 Å². The van der Waals surface area contributed by atoms with Crippen LogP contribution in [-0.2, 0) is 11.2 Å². The predicted molar refractivity (Wildman–Crippen MR) is 77.1 cm³/mol. The summed E-state index contributed by atoms with van der Waals surface area (Å²) in [4.78, 5) is 16.9. The number of hydrogen-bond donors (Lipinski definition) is 1. The van der Waals surface area contributed by atoms with Crippen molar-refractivity contribution in [2.75, 3.05) is 19.0 Å². The van der Waals surface area contributed by atoms with Crippen molar-refractivity contribution in [2.45, 2.75) is 6.42 Å². The summed E-state index contributed by atoms with van der Waals surface area (Å²) >= 11 is 7.42. The number of carbonyl (C=O) groups excluding carboxylic acids is 1. The number of esters is 1. The summed E-state index contributed by atoms with van der Waals surface area (Å²) in [6.45, 7) is 0.678. The quantitative estimate of drug-likeness (QED) is 0.861. The third kappa shape index (κ3) is 3.68. The molecule has 0 fully saturated rings. The minimum atomic E-state index is -0.394. The van der Waals surface area contributed by atoms with Gasteiger partial charge in [0, 0.05) is 17.6 Å². The van der Waals surface area contributed by atoms with Gasteiger partial charge in [-0.1, -0.05) is 11.6 Å². The van der Waals surface area contributed by atoms with E-state index in [2.05, 4.69) is 10.3 Å². The first-order chi connectivity index (χ1) is 9.20. The number of pyridine rings is 1. The fourth-order valence-electron chi connectivity index (χ4n) is 1.61. The molecule has 1 N–H and O–H groups in total. The van der Waals surface area contributed by atoms with E-state index in [1.54, 1.807) is 29.7 Å². The molecule has 0 saturated heterocycles. The average Bonchev–Trinajstić information content (AvgIpc) is 2.84. The molecule has 19 heavy (non-hydrogen) atoms. The standard InChI is InChI=1S/C13H13ClN2O2S/c1-18-13(17)10-3-2-7-15-12(10)16-8-6-9-4-5-11(14)19-9/h2-5,7H,6,8H2,1H3,(H,15,16). The zero-order valence-corrected chi connectivity index (χ0v) is 11.9. The maximum Gasteiger partial charge on any atom is 0.341 e. The van der Waals surface area contributed by atoms with E-state index in [9.17, 15) is 4.79 Å². The highest BCUT2D eigenvalue weighted by molar-refractivity contribution is 7.16. The minimum Gasteiger partial charge on any atom is -0.465 e. The maximum atomic E-state index is 11.6. The molecule has 2 heterocycles. The first-order valence-electron chi connectivity index (χ1n) is 5.72. The van der Waals surface area contributed by atoms with Gasteiger partial charge in [0.2, 0.25) is 0 Å². The summed E-state index contributed by atoms with van der Waals surface area (Å²) in [6, 6.07) is 7.26. The molecule has 0 atom stereocenters. The topological polar surface area (TPSA) is 51.2 Å². The molecule has 0 radical (unpaired) electrons. The number of rotatable bonds is 5. The molecule has 2 aromatic heterocycles. The number of thiophene rings is 1. The number of carbonyl (C=O) groups is 1. The SMILES string of the molecule is COC(=O)c1cccnc1NCCc1ccc(Cl)s1. The fraction of sp³-hybridized carbons (Fsp3) is 0.231. The Morgan fingerprint density at radius 1 is 1.47 bits per heavy atom. The molecule has 0 aromatic carbocycles. The number of methoxy groups -OCH3 is 1. The van der Waals surface area contributed by atoms with E-state index in [-0.39, 0.29) is 0 Å². The number of nitrogens with one attached hydrogen (secondary N) is 1. The van der Waals surface area contributed by atoms with E-state index >= 15 is 0 Å². The summed E-state index contributed by atoms with van der Waals surface area (Å²) in [5.74, 6) is 0.145. The normalized spacial score (nSPS) is 10.2. The highest BCUT2D eigenvalue weighted by Gasteiger charge is 2.11. The fourth-order valence-corrected chi connectivity index (χ4v) is 2.70. The van der Waals surface area contributed by atoms with Crippen LogP contribution in [0, 0.1) is 0 Å². The van der Waals surface area contributed by atoms with Crippen LogP contribution < -0.4 is 5.32 Å². The summed E-state index contributed by atoms with van der Waals surface area (Å²) in [5.41, 5.74) is 0.439.